The van der Waals surface area contributed by atoms with Crippen LogP contribution in [0.1, 0.15) is 12.0 Å². The topological polar surface area (TPSA) is 91.7 Å². The van der Waals surface area contributed by atoms with Crippen molar-refractivity contribution in [3.05, 3.63) is 53.2 Å². The maximum absolute atomic E-state index is 13.4. The molecule has 1 aromatic carbocycles. The van der Waals surface area contributed by atoms with Crippen LogP contribution in [-0.2, 0) is 6.54 Å². The van der Waals surface area contributed by atoms with Gasteiger partial charge < -0.3 is 16.2 Å². The Hall–Kier alpha value is -2.26. The summed E-state index contributed by atoms with van der Waals surface area (Å²) in [6, 6.07) is 6.23. The van der Waals surface area contributed by atoms with E-state index >= 15 is 0 Å². The Morgan fingerprint density at radius 1 is 1.37 bits per heavy atom. The van der Waals surface area contributed by atoms with Crippen LogP contribution in [0.4, 0.5) is 15.9 Å². The number of nitrogens with zero attached hydrogens (tertiary/aromatic N) is 4. The summed E-state index contributed by atoms with van der Waals surface area (Å²) in [6.45, 7) is 1.99. The van der Waals surface area contributed by atoms with Gasteiger partial charge in [-0.15, -0.1) is 0 Å². The SMILES string of the molecule is N[C@@H]1CCN(Cc2ccn3ncnc(Nc4ccc(F)c(Cl)c4)c23)C[C@@H]1O. The predicted octanol–water partition coefficient (Wildman–Crippen LogP) is 2.16. The van der Waals surface area contributed by atoms with Crippen molar-refractivity contribution < 1.29 is 9.50 Å². The Morgan fingerprint density at radius 3 is 3.00 bits per heavy atom. The molecule has 1 fully saturated rings. The highest BCUT2D eigenvalue weighted by Gasteiger charge is 2.25. The third kappa shape index (κ3) is 3.74. The van der Waals surface area contributed by atoms with Crippen LogP contribution in [-0.4, -0.2) is 49.8 Å². The van der Waals surface area contributed by atoms with Gasteiger partial charge in [0.1, 0.15) is 17.7 Å². The number of fused-ring (bicyclic) bond motifs is 1. The van der Waals surface area contributed by atoms with Crippen LogP contribution in [0.25, 0.3) is 5.52 Å². The first-order valence-corrected chi connectivity index (χ1v) is 9.08. The van der Waals surface area contributed by atoms with Crippen molar-refractivity contribution in [1.29, 1.82) is 0 Å². The normalized spacial score (nSPS) is 20.9. The molecule has 1 aliphatic heterocycles. The molecule has 3 aromatic rings. The van der Waals surface area contributed by atoms with E-state index in [4.69, 9.17) is 17.3 Å². The average molecular weight is 391 g/mol. The van der Waals surface area contributed by atoms with E-state index in [9.17, 15) is 9.50 Å². The van der Waals surface area contributed by atoms with E-state index in [1.54, 1.807) is 10.6 Å². The lowest BCUT2D eigenvalue weighted by atomic mass is 10.0. The average Bonchev–Trinajstić information content (AvgIpc) is 3.05. The van der Waals surface area contributed by atoms with Crippen LogP contribution < -0.4 is 11.1 Å². The summed E-state index contributed by atoms with van der Waals surface area (Å²) >= 11 is 5.87. The molecule has 0 unspecified atom stereocenters. The van der Waals surface area contributed by atoms with Gasteiger partial charge in [-0.1, -0.05) is 11.6 Å². The van der Waals surface area contributed by atoms with Crippen molar-refractivity contribution in [3.8, 4) is 0 Å². The molecule has 9 heteroatoms. The second-order valence-electron chi connectivity index (χ2n) is 6.75. The number of nitrogens with one attached hydrogen (secondary N) is 1. The fraction of sp³-hybridized carbons (Fsp3) is 0.333. The fourth-order valence-electron chi connectivity index (χ4n) is 3.35. The zero-order chi connectivity index (χ0) is 19.0. The molecule has 3 heterocycles. The van der Waals surface area contributed by atoms with Crippen molar-refractivity contribution in [2.75, 3.05) is 18.4 Å². The number of benzene rings is 1. The van der Waals surface area contributed by atoms with Gasteiger partial charge in [0.05, 0.1) is 11.1 Å². The minimum atomic E-state index is -0.525. The van der Waals surface area contributed by atoms with E-state index in [-0.39, 0.29) is 11.1 Å². The summed E-state index contributed by atoms with van der Waals surface area (Å²) in [6.07, 6.45) is 3.54. The van der Waals surface area contributed by atoms with E-state index < -0.39 is 11.9 Å². The summed E-state index contributed by atoms with van der Waals surface area (Å²) in [5.74, 6) is 0.127. The molecule has 0 radical (unpaired) electrons. The number of aliphatic hydroxyl groups excluding tert-OH is 1. The number of hydrogen-bond acceptors (Lipinski definition) is 6. The molecule has 27 heavy (non-hydrogen) atoms. The van der Waals surface area contributed by atoms with Crippen LogP contribution in [0.15, 0.2) is 36.8 Å². The molecule has 7 nitrogen and oxygen atoms in total. The largest absolute Gasteiger partial charge is 0.390 e. The number of halogens is 2. The molecule has 1 aliphatic rings. The van der Waals surface area contributed by atoms with Crippen LogP contribution in [0.5, 0.6) is 0 Å². The molecular formula is C18H20ClFN6O. The van der Waals surface area contributed by atoms with Crippen molar-refractivity contribution in [1.82, 2.24) is 19.5 Å². The third-order valence-electron chi connectivity index (χ3n) is 4.83. The Labute approximate surface area is 160 Å². The molecule has 0 amide bonds. The van der Waals surface area contributed by atoms with Gasteiger partial charge in [0.25, 0.3) is 0 Å². The molecular weight excluding hydrogens is 371 g/mol. The molecule has 4 rings (SSSR count). The van der Waals surface area contributed by atoms with Gasteiger partial charge in [0, 0.05) is 37.6 Å². The van der Waals surface area contributed by atoms with Crippen LogP contribution in [0.2, 0.25) is 5.02 Å². The summed E-state index contributed by atoms with van der Waals surface area (Å²) in [5.41, 5.74) is 8.37. The minimum absolute atomic E-state index is 0.0410. The fourth-order valence-corrected chi connectivity index (χ4v) is 3.53. The number of nitrogens with two attached hydrogens (primary N) is 1. The zero-order valence-corrected chi connectivity index (χ0v) is 15.3. The summed E-state index contributed by atoms with van der Waals surface area (Å²) in [5, 5.41) is 17.5. The number of likely N-dealkylation sites (tertiary alicyclic amines) is 1. The first kappa shape index (κ1) is 18.1. The zero-order valence-electron chi connectivity index (χ0n) is 14.5. The highest BCUT2D eigenvalue weighted by Crippen LogP contribution is 2.27. The summed E-state index contributed by atoms with van der Waals surface area (Å²) < 4.78 is 15.1. The summed E-state index contributed by atoms with van der Waals surface area (Å²) in [7, 11) is 0. The molecule has 4 N–H and O–H groups in total. The monoisotopic (exact) mass is 390 g/mol. The molecule has 0 bridgehead atoms. The Kier molecular flexibility index (Phi) is 4.96. The molecule has 0 spiro atoms. The van der Waals surface area contributed by atoms with Crippen molar-refractivity contribution in [2.45, 2.75) is 25.1 Å². The molecule has 1 saturated heterocycles. The predicted molar refractivity (Wildman–Crippen MR) is 102 cm³/mol. The number of aliphatic hydroxyl groups is 1. The third-order valence-corrected chi connectivity index (χ3v) is 5.12. The van der Waals surface area contributed by atoms with Crippen LogP contribution >= 0.6 is 11.6 Å². The maximum atomic E-state index is 13.4. The first-order chi connectivity index (χ1) is 13.0. The standard InChI is InChI=1S/C18H20ClFN6O/c19-13-7-12(1-2-14(13)20)24-18-17-11(3-6-26(17)23-10-22-18)8-25-5-4-15(21)16(27)9-25/h1-3,6-7,10,15-16,27H,4-5,8-9,21H2,(H,22,23,24)/t15-,16+/m1/s1. The van der Waals surface area contributed by atoms with Gasteiger partial charge >= 0.3 is 0 Å². The molecule has 2 atom stereocenters. The highest BCUT2D eigenvalue weighted by molar-refractivity contribution is 6.31. The van der Waals surface area contributed by atoms with E-state index in [1.807, 2.05) is 12.3 Å². The lowest BCUT2D eigenvalue weighted by Gasteiger charge is -2.33. The number of aromatic nitrogens is 3. The van der Waals surface area contributed by atoms with Gasteiger partial charge in [-0.3, -0.25) is 4.90 Å². The minimum Gasteiger partial charge on any atom is -0.390 e. The Bertz CT molecular complexity index is 964. The molecule has 0 aliphatic carbocycles. The van der Waals surface area contributed by atoms with Gasteiger partial charge in [-0.2, -0.15) is 5.10 Å². The molecule has 0 saturated carbocycles. The quantitative estimate of drug-likeness (QED) is 0.632. The molecule has 2 aromatic heterocycles. The smallest absolute Gasteiger partial charge is 0.158 e. The van der Waals surface area contributed by atoms with Gasteiger partial charge in [-0.05, 0) is 36.2 Å². The van der Waals surface area contributed by atoms with E-state index in [0.29, 0.717) is 24.6 Å². The van der Waals surface area contributed by atoms with Gasteiger partial charge in [0.15, 0.2) is 5.82 Å². The second-order valence-corrected chi connectivity index (χ2v) is 7.16. The number of piperidine rings is 1. The number of hydrogen-bond donors (Lipinski definition) is 3. The van der Waals surface area contributed by atoms with E-state index in [0.717, 1.165) is 24.0 Å². The van der Waals surface area contributed by atoms with Crippen molar-refractivity contribution in [3.63, 3.8) is 0 Å². The van der Waals surface area contributed by atoms with Crippen LogP contribution in [0, 0.1) is 5.82 Å². The lowest BCUT2D eigenvalue weighted by molar-refractivity contribution is 0.0501. The lowest BCUT2D eigenvalue weighted by Crippen LogP contribution is -2.50. The highest BCUT2D eigenvalue weighted by atomic mass is 35.5. The molecule has 142 valence electrons. The second kappa shape index (κ2) is 7.40. The van der Waals surface area contributed by atoms with Gasteiger partial charge in [0.2, 0.25) is 0 Å². The van der Waals surface area contributed by atoms with Crippen LogP contribution in [0.3, 0.4) is 0 Å². The maximum Gasteiger partial charge on any atom is 0.158 e. The van der Waals surface area contributed by atoms with E-state index in [1.165, 1.54) is 18.5 Å². The summed E-state index contributed by atoms with van der Waals surface area (Å²) in [4.78, 5) is 6.50. The Balaban J connectivity index is 1.62. The van der Waals surface area contributed by atoms with Crippen molar-refractivity contribution >= 4 is 28.6 Å². The Morgan fingerprint density at radius 2 is 2.22 bits per heavy atom. The number of rotatable bonds is 4. The van der Waals surface area contributed by atoms with E-state index in [2.05, 4.69) is 20.3 Å². The van der Waals surface area contributed by atoms with Crippen molar-refractivity contribution in [2.24, 2.45) is 5.73 Å². The number of anilines is 2. The first-order valence-electron chi connectivity index (χ1n) is 8.70. The number of β-amino-alcohol motifs (C(OH)–C–C–N with tert-alkyl or cyclic N) is 1. The van der Waals surface area contributed by atoms with Gasteiger partial charge in [-0.25, -0.2) is 13.9 Å².